The highest BCUT2D eigenvalue weighted by molar-refractivity contribution is 7.98. The zero-order valence-corrected chi connectivity index (χ0v) is 10.1. The second-order valence-electron chi connectivity index (χ2n) is 2.12. The van der Waals surface area contributed by atoms with Crippen molar-refractivity contribution in [1.82, 2.24) is 0 Å². The molecule has 0 aliphatic carbocycles. The molecule has 13 heavy (non-hydrogen) atoms. The first-order valence-electron chi connectivity index (χ1n) is 3.03. The van der Waals surface area contributed by atoms with E-state index in [0.29, 0.717) is 16.4 Å². The maximum atomic E-state index is 5.73. The monoisotopic (exact) mass is 260 g/mol. The van der Waals surface area contributed by atoms with Crippen LogP contribution in [-0.4, -0.2) is 6.26 Å². The van der Waals surface area contributed by atoms with Crippen LogP contribution in [0.4, 0.5) is 11.4 Å². The van der Waals surface area contributed by atoms with Gasteiger partial charge in [0, 0.05) is 10.6 Å². The standard InChI is InChI=1S/C7H9ClN2S.2ClH/c1-11-7-3-5(9)4(8)2-6(7)10;;/h2-3H,9-10H2,1H3;2*1H. The van der Waals surface area contributed by atoms with Crippen molar-refractivity contribution in [3.63, 3.8) is 0 Å². The van der Waals surface area contributed by atoms with Crippen LogP contribution in [-0.2, 0) is 0 Å². The van der Waals surface area contributed by atoms with E-state index in [2.05, 4.69) is 0 Å². The first kappa shape index (κ1) is 15.5. The molecular weight excluding hydrogens is 251 g/mol. The minimum absolute atomic E-state index is 0. The molecule has 0 atom stereocenters. The van der Waals surface area contributed by atoms with Crippen LogP contribution in [0.2, 0.25) is 5.02 Å². The highest BCUT2D eigenvalue weighted by Gasteiger charge is 2.01. The van der Waals surface area contributed by atoms with Gasteiger partial charge < -0.3 is 11.5 Å². The van der Waals surface area contributed by atoms with Crippen molar-refractivity contribution >= 4 is 59.6 Å². The maximum Gasteiger partial charge on any atom is 0.0656 e. The molecule has 1 aromatic carbocycles. The summed E-state index contributed by atoms with van der Waals surface area (Å²) < 4.78 is 0. The van der Waals surface area contributed by atoms with Crippen molar-refractivity contribution in [3.05, 3.63) is 17.2 Å². The number of anilines is 2. The number of thioether (sulfide) groups is 1. The van der Waals surface area contributed by atoms with Crippen LogP contribution < -0.4 is 11.5 Å². The SMILES string of the molecule is CSc1cc(N)c(Cl)cc1N.Cl.Cl. The van der Waals surface area contributed by atoms with Crippen molar-refractivity contribution in [2.45, 2.75) is 4.90 Å². The number of hydrogen-bond acceptors (Lipinski definition) is 3. The summed E-state index contributed by atoms with van der Waals surface area (Å²) in [5.74, 6) is 0. The summed E-state index contributed by atoms with van der Waals surface area (Å²) in [6, 6.07) is 3.45. The van der Waals surface area contributed by atoms with Gasteiger partial charge in [0.05, 0.1) is 10.7 Å². The highest BCUT2D eigenvalue weighted by atomic mass is 35.5. The second-order valence-corrected chi connectivity index (χ2v) is 3.37. The zero-order valence-electron chi connectivity index (χ0n) is 6.91. The van der Waals surface area contributed by atoms with Crippen molar-refractivity contribution in [2.75, 3.05) is 17.7 Å². The molecule has 0 aliphatic rings. The summed E-state index contributed by atoms with van der Waals surface area (Å²) in [4.78, 5) is 0.965. The van der Waals surface area contributed by atoms with Crippen molar-refractivity contribution in [1.29, 1.82) is 0 Å². The van der Waals surface area contributed by atoms with E-state index in [1.165, 1.54) is 0 Å². The van der Waals surface area contributed by atoms with Crippen LogP contribution in [0.15, 0.2) is 17.0 Å². The molecule has 2 nitrogen and oxygen atoms in total. The topological polar surface area (TPSA) is 52.0 Å². The molecule has 0 fully saturated rings. The number of benzene rings is 1. The van der Waals surface area contributed by atoms with Crippen LogP contribution in [0.3, 0.4) is 0 Å². The highest BCUT2D eigenvalue weighted by Crippen LogP contribution is 2.30. The molecule has 1 rings (SSSR count). The lowest BCUT2D eigenvalue weighted by Crippen LogP contribution is -1.92. The lowest BCUT2D eigenvalue weighted by atomic mass is 10.3. The molecule has 0 amide bonds. The van der Waals surface area contributed by atoms with Gasteiger partial charge in [-0.2, -0.15) is 0 Å². The fourth-order valence-corrected chi connectivity index (χ4v) is 1.47. The van der Waals surface area contributed by atoms with Gasteiger partial charge in [-0.15, -0.1) is 36.6 Å². The third kappa shape index (κ3) is 3.73. The molecule has 1 aromatic rings. The van der Waals surface area contributed by atoms with E-state index in [1.807, 2.05) is 6.26 Å². The van der Waals surface area contributed by atoms with Gasteiger partial charge in [-0.05, 0) is 18.4 Å². The third-order valence-electron chi connectivity index (χ3n) is 1.35. The van der Waals surface area contributed by atoms with E-state index >= 15 is 0 Å². The second kappa shape index (κ2) is 6.49. The van der Waals surface area contributed by atoms with Gasteiger partial charge in [0.25, 0.3) is 0 Å². The lowest BCUT2D eigenvalue weighted by molar-refractivity contribution is 1.47. The Kier molecular flexibility index (Phi) is 7.74. The van der Waals surface area contributed by atoms with Crippen molar-refractivity contribution in [2.24, 2.45) is 0 Å². The predicted molar refractivity (Wildman–Crippen MR) is 66.6 cm³/mol. The Labute approximate surface area is 99.2 Å². The molecule has 76 valence electrons. The Morgan fingerprint density at radius 2 is 1.69 bits per heavy atom. The lowest BCUT2D eigenvalue weighted by Gasteiger charge is -2.04. The van der Waals surface area contributed by atoms with Gasteiger partial charge in [-0.25, -0.2) is 0 Å². The zero-order chi connectivity index (χ0) is 8.43. The molecule has 0 unspecified atom stereocenters. The minimum atomic E-state index is 0. The van der Waals surface area contributed by atoms with Crippen LogP contribution in [0.1, 0.15) is 0 Å². The molecular formula is C7H11Cl3N2S. The molecule has 0 saturated heterocycles. The summed E-state index contributed by atoms with van der Waals surface area (Å²) in [6.07, 6.45) is 1.94. The van der Waals surface area contributed by atoms with E-state index in [0.717, 1.165) is 4.90 Å². The quantitative estimate of drug-likeness (QED) is 0.603. The molecule has 0 heterocycles. The van der Waals surface area contributed by atoms with Gasteiger partial charge in [0.2, 0.25) is 0 Å². The molecule has 0 radical (unpaired) electrons. The van der Waals surface area contributed by atoms with E-state index in [4.69, 9.17) is 23.1 Å². The first-order valence-corrected chi connectivity index (χ1v) is 4.64. The fraction of sp³-hybridized carbons (Fsp3) is 0.143. The maximum absolute atomic E-state index is 5.73. The summed E-state index contributed by atoms with van der Waals surface area (Å²) >= 11 is 7.28. The number of rotatable bonds is 1. The average molecular weight is 262 g/mol. The van der Waals surface area contributed by atoms with Gasteiger partial charge in [0.1, 0.15) is 0 Å². The molecule has 0 spiro atoms. The Balaban J connectivity index is 0. The Bertz CT molecular complexity index is 281. The summed E-state index contributed by atoms with van der Waals surface area (Å²) in [7, 11) is 0. The third-order valence-corrected chi connectivity index (χ3v) is 2.47. The van der Waals surface area contributed by atoms with Gasteiger partial charge in [-0.3, -0.25) is 0 Å². The Morgan fingerprint density at radius 1 is 1.15 bits per heavy atom. The van der Waals surface area contributed by atoms with Crippen LogP contribution in [0, 0.1) is 0 Å². The van der Waals surface area contributed by atoms with Crippen LogP contribution in [0.5, 0.6) is 0 Å². The van der Waals surface area contributed by atoms with E-state index in [1.54, 1.807) is 23.9 Å². The van der Waals surface area contributed by atoms with Gasteiger partial charge in [0.15, 0.2) is 0 Å². The van der Waals surface area contributed by atoms with E-state index < -0.39 is 0 Å². The summed E-state index contributed by atoms with van der Waals surface area (Å²) in [6.45, 7) is 0. The smallest absolute Gasteiger partial charge is 0.0656 e. The first-order chi connectivity index (χ1) is 5.15. The number of nitrogen functional groups attached to an aromatic ring is 2. The van der Waals surface area contributed by atoms with Crippen LogP contribution in [0.25, 0.3) is 0 Å². The molecule has 4 N–H and O–H groups in total. The molecule has 0 aliphatic heterocycles. The van der Waals surface area contributed by atoms with Crippen molar-refractivity contribution < 1.29 is 0 Å². The fourth-order valence-electron chi connectivity index (χ4n) is 0.761. The largest absolute Gasteiger partial charge is 0.398 e. The Morgan fingerprint density at radius 3 is 2.15 bits per heavy atom. The number of halogens is 3. The normalized spacial score (nSPS) is 8.46. The Hall–Kier alpha value is 0.0400. The van der Waals surface area contributed by atoms with Crippen LogP contribution >= 0.6 is 48.2 Å². The van der Waals surface area contributed by atoms with Crippen molar-refractivity contribution in [3.8, 4) is 0 Å². The summed E-state index contributed by atoms with van der Waals surface area (Å²) in [5.41, 5.74) is 12.5. The predicted octanol–water partition coefficient (Wildman–Crippen LogP) is 3.07. The minimum Gasteiger partial charge on any atom is -0.398 e. The van der Waals surface area contributed by atoms with E-state index in [-0.39, 0.29) is 24.8 Å². The molecule has 6 heteroatoms. The number of nitrogens with two attached hydrogens (primary N) is 2. The average Bonchev–Trinajstić information content (AvgIpc) is 1.97. The van der Waals surface area contributed by atoms with Gasteiger partial charge >= 0.3 is 0 Å². The van der Waals surface area contributed by atoms with E-state index in [9.17, 15) is 0 Å². The molecule has 0 bridgehead atoms. The van der Waals surface area contributed by atoms with Gasteiger partial charge in [-0.1, -0.05) is 11.6 Å². The molecule has 0 saturated carbocycles. The molecule has 0 aromatic heterocycles. The number of hydrogen-bond donors (Lipinski definition) is 2. The summed E-state index contributed by atoms with van der Waals surface area (Å²) in [5, 5.41) is 0.514.